The minimum atomic E-state index is -4.21. The van der Waals surface area contributed by atoms with Crippen LogP contribution >= 0.6 is 7.67 Å². The van der Waals surface area contributed by atoms with Crippen LogP contribution in [-0.2, 0) is 15.1 Å². The molecule has 0 fully saturated rings. The lowest BCUT2D eigenvalue weighted by Gasteiger charge is -1.86. The Balaban J connectivity index is 4.62. The van der Waals surface area contributed by atoms with E-state index in [1.165, 1.54) is 0 Å². The van der Waals surface area contributed by atoms with Gasteiger partial charge in [-0.2, -0.15) is 8.42 Å². The maximum atomic E-state index is 9.80. The maximum absolute atomic E-state index is 9.80. The molecule has 0 saturated heterocycles. The zero-order valence-corrected chi connectivity index (χ0v) is 5.26. The summed E-state index contributed by atoms with van der Waals surface area (Å²) in [6.45, 7) is 0. The monoisotopic (exact) mass is 158 g/mol. The van der Waals surface area contributed by atoms with Crippen LogP contribution in [0.3, 0.4) is 0 Å². The van der Waals surface area contributed by atoms with E-state index in [1.807, 2.05) is 0 Å². The Hall–Kier alpha value is -0.230. The Bertz CT molecular complexity index is 223. The Labute approximate surface area is 46.6 Å². The maximum Gasteiger partial charge on any atom is 0.396 e. The molecule has 0 heterocycles. The van der Waals surface area contributed by atoms with Gasteiger partial charge >= 0.3 is 18.2 Å². The lowest BCUT2D eigenvalue weighted by atomic mass is 13.9. The summed E-state index contributed by atoms with van der Waals surface area (Å²) in [5.41, 5.74) is 4.29. The molecule has 0 aromatic rings. The van der Waals surface area contributed by atoms with Gasteiger partial charge in [-0.25, -0.2) is 10.1 Å². The van der Waals surface area contributed by atoms with Crippen molar-refractivity contribution in [1.82, 2.24) is 0 Å². The molecule has 0 spiro atoms. The summed E-state index contributed by atoms with van der Waals surface area (Å²) in [5.74, 6) is 0. The second-order valence-electron chi connectivity index (χ2n) is 0.888. The molecule has 1 unspecified atom stereocenters. The van der Waals surface area contributed by atoms with Crippen LogP contribution in [-0.4, -0.2) is 13.3 Å². The van der Waals surface area contributed by atoms with Gasteiger partial charge in [0.25, 0.3) is 0 Å². The Morgan fingerprint density at radius 3 is 2.00 bits per heavy atom. The van der Waals surface area contributed by atoms with E-state index in [2.05, 4.69) is 9.64 Å². The molecule has 6 nitrogen and oxygen atoms in total. The standard InChI is InChI=1S/H3N2O4PS/c1-7(3,4)2-8(5)6/h(H3,1,3,4). The predicted molar refractivity (Wildman–Crippen MR) is 25.4 cm³/mol. The Morgan fingerprint density at radius 2 is 2.00 bits per heavy atom. The van der Waals surface area contributed by atoms with E-state index in [9.17, 15) is 13.0 Å². The molecule has 0 radical (unpaired) electrons. The molecule has 0 saturated carbocycles. The van der Waals surface area contributed by atoms with Gasteiger partial charge < -0.3 is 4.89 Å². The molecule has 8 heavy (non-hydrogen) atoms. The van der Waals surface area contributed by atoms with Gasteiger partial charge in [-0.05, 0) is 0 Å². The highest BCUT2D eigenvalue weighted by Crippen LogP contribution is 2.30. The van der Waals surface area contributed by atoms with E-state index in [0.29, 0.717) is 0 Å². The third-order valence-corrected chi connectivity index (χ3v) is 1.65. The fraction of sp³-hybridized carbons (Fsp3) is 0. The molecule has 48 valence electrons. The minimum absolute atomic E-state index is 2.22. The number of nitrogens with two attached hydrogens (primary N) is 1. The highest BCUT2D eigenvalue weighted by Gasteiger charge is 2.05. The van der Waals surface area contributed by atoms with E-state index < -0.39 is 18.2 Å². The molecule has 8 heteroatoms. The van der Waals surface area contributed by atoms with Gasteiger partial charge in [0.05, 0.1) is 0 Å². The van der Waals surface area contributed by atoms with Crippen LogP contribution in [0, 0.1) is 0 Å². The van der Waals surface area contributed by atoms with Crippen LogP contribution in [0.15, 0.2) is 4.13 Å². The third-order valence-electron chi connectivity index (χ3n) is 0.184. The molecule has 0 aromatic heterocycles. The highest BCUT2D eigenvalue weighted by molar-refractivity contribution is 7.70. The van der Waals surface area contributed by atoms with Crippen molar-refractivity contribution in [2.75, 3.05) is 0 Å². The van der Waals surface area contributed by atoms with E-state index in [-0.39, 0.29) is 0 Å². The minimum Gasteiger partial charge on any atom is -0.316 e. The lowest BCUT2D eigenvalue weighted by Crippen LogP contribution is -1.86. The van der Waals surface area contributed by atoms with E-state index in [4.69, 9.17) is 4.89 Å². The summed E-state index contributed by atoms with van der Waals surface area (Å²) < 4.78 is 30.9. The van der Waals surface area contributed by atoms with Crippen LogP contribution in [0.5, 0.6) is 0 Å². The van der Waals surface area contributed by atoms with Gasteiger partial charge in [-0.3, -0.25) is 0 Å². The lowest BCUT2D eigenvalue weighted by molar-refractivity contribution is 0.482. The first-order valence-corrected chi connectivity index (χ1v) is 4.07. The fourth-order valence-corrected chi connectivity index (χ4v) is 0.860. The fourth-order valence-electron chi connectivity index (χ4n) is 0.0955. The van der Waals surface area contributed by atoms with Crippen molar-refractivity contribution in [3.05, 3.63) is 0 Å². The molecule has 1 atom stereocenters. The van der Waals surface area contributed by atoms with Gasteiger partial charge in [0.2, 0.25) is 0 Å². The summed E-state index contributed by atoms with van der Waals surface area (Å²) in [4.78, 5) is 7.96. The van der Waals surface area contributed by atoms with Crippen molar-refractivity contribution in [3.63, 3.8) is 0 Å². The highest BCUT2D eigenvalue weighted by atomic mass is 32.2. The first-order chi connectivity index (χ1) is 3.42. The molecule has 0 rings (SSSR count). The Kier molecular flexibility index (Phi) is 2.29. The van der Waals surface area contributed by atoms with Crippen LogP contribution in [0.1, 0.15) is 0 Å². The normalized spacial score (nSPS) is 16.8. The van der Waals surface area contributed by atoms with Crippen LogP contribution in [0.2, 0.25) is 0 Å². The number of hydrogen-bond acceptors (Lipinski definition) is 3. The molecule has 0 aliphatic rings. The quantitative estimate of drug-likeness (QED) is 0.481. The van der Waals surface area contributed by atoms with Crippen LogP contribution < -0.4 is 5.50 Å². The van der Waals surface area contributed by atoms with Crippen molar-refractivity contribution in [2.45, 2.75) is 0 Å². The molecule has 0 aliphatic carbocycles. The molecule has 3 N–H and O–H groups in total. The number of nitrogens with zero attached hydrogens (tertiary/aromatic N) is 1. The molecular formula is H3N2O4PS. The predicted octanol–water partition coefficient (Wildman–Crippen LogP) is -0.892. The Morgan fingerprint density at radius 1 is 1.62 bits per heavy atom. The number of hydrogen-bond donors (Lipinski definition) is 2. The van der Waals surface area contributed by atoms with E-state index >= 15 is 0 Å². The second kappa shape index (κ2) is 2.36. The van der Waals surface area contributed by atoms with Gasteiger partial charge in [0.1, 0.15) is 0 Å². The smallest absolute Gasteiger partial charge is 0.316 e. The topological polar surface area (TPSA) is 110 Å². The molecule has 0 aromatic carbocycles. The van der Waals surface area contributed by atoms with E-state index in [1.54, 1.807) is 0 Å². The number of rotatable bonds is 1. The molecule has 0 amide bonds. The second-order valence-corrected chi connectivity index (χ2v) is 3.15. The summed E-state index contributed by atoms with van der Waals surface area (Å²) in [6.07, 6.45) is 0. The molecule has 0 aliphatic heterocycles. The molecular weight excluding hydrogens is 155 g/mol. The SMILES string of the molecule is NP(=O)(O)N=S(=O)=O. The zero-order valence-electron chi connectivity index (χ0n) is 3.55. The van der Waals surface area contributed by atoms with Crippen LogP contribution in [0.25, 0.3) is 0 Å². The summed E-state index contributed by atoms with van der Waals surface area (Å²) in [5, 5.41) is 0. The zero-order chi connectivity index (χ0) is 6.78. The van der Waals surface area contributed by atoms with E-state index in [0.717, 1.165) is 0 Å². The van der Waals surface area contributed by atoms with Crippen molar-refractivity contribution in [1.29, 1.82) is 0 Å². The summed E-state index contributed by atoms with van der Waals surface area (Å²) >= 11 is 0. The van der Waals surface area contributed by atoms with Gasteiger partial charge in [0, 0.05) is 0 Å². The van der Waals surface area contributed by atoms with Crippen molar-refractivity contribution < 1.29 is 17.9 Å². The first-order valence-electron chi connectivity index (χ1n) is 1.36. The average Bonchev–Trinajstić information content (AvgIpc) is 1.21. The summed E-state index contributed by atoms with van der Waals surface area (Å²) in [7, 11) is -7.11. The first kappa shape index (κ1) is 7.77. The summed E-state index contributed by atoms with van der Waals surface area (Å²) in [6, 6.07) is 0. The van der Waals surface area contributed by atoms with Crippen molar-refractivity contribution in [3.8, 4) is 0 Å². The van der Waals surface area contributed by atoms with Crippen molar-refractivity contribution >= 4 is 18.2 Å². The van der Waals surface area contributed by atoms with Crippen molar-refractivity contribution in [2.24, 2.45) is 9.64 Å². The van der Waals surface area contributed by atoms with Gasteiger partial charge in [0.15, 0.2) is 0 Å². The van der Waals surface area contributed by atoms with Gasteiger partial charge in [-0.1, -0.05) is 4.13 Å². The van der Waals surface area contributed by atoms with Gasteiger partial charge in [-0.15, -0.1) is 0 Å². The largest absolute Gasteiger partial charge is 0.396 e. The van der Waals surface area contributed by atoms with Crippen LogP contribution in [0.4, 0.5) is 0 Å². The molecule has 0 bridgehead atoms. The average molecular weight is 158 g/mol. The third kappa shape index (κ3) is 5.77.